The van der Waals surface area contributed by atoms with E-state index in [1.165, 1.54) is 27.9 Å². The van der Waals surface area contributed by atoms with Gasteiger partial charge in [0.15, 0.2) is 0 Å². The van der Waals surface area contributed by atoms with Crippen molar-refractivity contribution >= 4 is 11.4 Å². The summed E-state index contributed by atoms with van der Waals surface area (Å²) in [4.78, 5) is 2.45. The summed E-state index contributed by atoms with van der Waals surface area (Å²) in [6.45, 7) is 6.31. The lowest BCUT2D eigenvalue weighted by Gasteiger charge is -2.23. The third-order valence-corrected chi connectivity index (χ3v) is 4.04. The first kappa shape index (κ1) is 12.1. The summed E-state index contributed by atoms with van der Waals surface area (Å²) >= 11 is 0. The number of benzene rings is 2. The largest absolute Gasteiger partial charge is 0.398 e. The molecule has 1 aliphatic heterocycles. The Morgan fingerprint density at radius 3 is 2.63 bits per heavy atom. The molecule has 0 saturated heterocycles. The number of anilines is 2. The van der Waals surface area contributed by atoms with Crippen molar-refractivity contribution < 1.29 is 0 Å². The molecule has 98 valence electrons. The van der Waals surface area contributed by atoms with E-state index in [9.17, 15) is 0 Å². The number of hydrogen-bond donors (Lipinski definition) is 1. The average molecular weight is 252 g/mol. The van der Waals surface area contributed by atoms with E-state index < -0.39 is 0 Å². The fraction of sp³-hybridized carbons (Fsp3) is 0.294. The van der Waals surface area contributed by atoms with Gasteiger partial charge in [-0.3, -0.25) is 0 Å². The van der Waals surface area contributed by atoms with E-state index in [0.29, 0.717) is 0 Å². The van der Waals surface area contributed by atoms with Crippen LogP contribution >= 0.6 is 0 Å². The fourth-order valence-electron chi connectivity index (χ4n) is 3.06. The van der Waals surface area contributed by atoms with E-state index >= 15 is 0 Å². The standard InChI is InChI=1S/C17H20N2/c1-3-13-7-4-6-12(2)17(13)19-10-14-8-5-9-16(18)15(14)11-19/h4-9H,3,10-11,18H2,1-2H3. The second kappa shape index (κ2) is 4.61. The molecule has 19 heavy (non-hydrogen) atoms. The summed E-state index contributed by atoms with van der Waals surface area (Å²) in [6, 6.07) is 12.8. The molecule has 0 atom stereocenters. The van der Waals surface area contributed by atoms with Gasteiger partial charge in [-0.15, -0.1) is 0 Å². The van der Waals surface area contributed by atoms with Crippen molar-refractivity contribution in [2.45, 2.75) is 33.4 Å². The maximum Gasteiger partial charge on any atom is 0.0457 e. The third kappa shape index (κ3) is 1.97. The summed E-state index contributed by atoms with van der Waals surface area (Å²) < 4.78 is 0. The van der Waals surface area contributed by atoms with Gasteiger partial charge in [-0.2, -0.15) is 0 Å². The number of nitrogen functional groups attached to an aromatic ring is 1. The SMILES string of the molecule is CCc1cccc(C)c1N1Cc2cccc(N)c2C1. The minimum Gasteiger partial charge on any atom is -0.398 e. The Kier molecular flexibility index (Phi) is 2.94. The summed E-state index contributed by atoms with van der Waals surface area (Å²) in [5.74, 6) is 0. The molecule has 0 spiro atoms. The van der Waals surface area contributed by atoms with Gasteiger partial charge >= 0.3 is 0 Å². The van der Waals surface area contributed by atoms with Gasteiger partial charge in [-0.1, -0.05) is 37.3 Å². The number of hydrogen-bond acceptors (Lipinski definition) is 2. The van der Waals surface area contributed by atoms with Gasteiger partial charge < -0.3 is 10.6 Å². The normalized spacial score (nSPS) is 13.7. The van der Waals surface area contributed by atoms with Crippen molar-refractivity contribution in [1.29, 1.82) is 0 Å². The summed E-state index contributed by atoms with van der Waals surface area (Å²) in [5, 5.41) is 0. The van der Waals surface area contributed by atoms with Crippen LogP contribution in [0.4, 0.5) is 11.4 Å². The van der Waals surface area contributed by atoms with E-state index in [-0.39, 0.29) is 0 Å². The zero-order valence-electron chi connectivity index (χ0n) is 11.6. The second-order valence-electron chi connectivity index (χ2n) is 5.28. The molecule has 0 unspecified atom stereocenters. The molecule has 0 fully saturated rings. The van der Waals surface area contributed by atoms with Crippen LogP contribution in [0.25, 0.3) is 0 Å². The molecule has 3 rings (SSSR count). The first-order valence-corrected chi connectivity index (χ1v) is 6.90. The fourth-order valence-corrected chi connectivity index (χ4v) is 3.06. The molecule has 0 amide bonds. The molecule has 2 aromatic rings. The van der Waals surface area contributed by atoms with Crippen molar-refractivity contribution in [3.05, 3.63) is 58.7 Å². The molecular formula is C17H20N2. The van der Waals surface area contributed by atoms with E-state index in [1.54, 1.807) is 0 Å². The molecule has 2 heteroatoms. The zero-order valence-corrected chi connectivity index (χ0v) is 11.6. The highest BCUT2D eigenvalue weighted by atomic mass is 15.2. The van der Waals surface area contributed by atoms with Crippen LogP contribution in [-0.4, -0.2) is 0 Å². The van der Waals surface area contributed by atoms with Crippen molar-refractivity contribution in [3.63, 3.8) is 0 Å². The molecule has 2 N–H and O–H groups in total. The Balaban J connectivity index is 2.02. The molecule has 0 bridgehead atoms. The quantitative estimate of drug-likeness (QED) is 0.826. The highest BCUT2D eigenvalue weighted by molar-refractivity contribution is 5.65. The Bertz CT molecular complexity index is 617. The van der Waals surface area contributed by atoms with Crippen LogP contribution in [0.3, 0.4) is 0 Å². The molecule has 1 heterocycles. The van der Waals surface area contributed by atoms with Crippen LogP contribution in [0.1, 0.15) is 29.2 Å². The van der Waals surface area contributed by atoms with Crippen molar-refractivity contribution in [2.75, 3.05) is 10.6 Å². The Labute approximate surface area is 114 Å². The molecule has 2 nitrogen and oxygen atoms in total. The lowest BCUT2D eigenvalue weighted by Crippen LogP contribution is -2.17. The van der Waals surface area contributed by atoms with E-state index in [1.807, 2.05) is 6.07 Å². The van der Waals surface area contributed by atoms with Gasteiger partial charge in [0, 0.05) is 24.5 Å². The Hall–Kier alpha value is -1.96. The summed E-state index contributed by atoms with van der Waals surface area (Å²) in [5.41, 5.74) is 13.8. The van der Waals surface area contributed by atoms with Crippen molar-refractivity contribution in [1.82, 2.24) is 0 Å². The monoisotopic (exact) mass is 252 g/mol. The first-order chi connectivity index (χ1) is 9.20. The number of nitrogens with zero attached hydrogens (tertiary/aromatic N) is 1. The van der Waals surface area contributed by atoms with Gasteiger partial charge in [-0.25, -0.2) is 0 Å². The number of aryl methyl sites for hydroxylation is 2. The van der Waals surface area contributed by atoms with Gasteiger partial charge in [0.2, 0.25) is 0 Å². The molecule has 0 saturated carbocycles. The van der Waals surface area contributed by atoms with Crippen molar-refractivity contribution in [3.8, 4) is 0 Å². The maximum absolute atomic E-state index is 6.09. The van der Waals surface area contributed by atoms with E-state index in [0.717, 1.165) is 25.2 Å². The Morgan fingerprint density at radius 2 is 1.89 bits per heavy atom. The van der Waals surface area contributed by atoms with E-state index in [2.05, 4.69) is 49.1 Å². The summed E-state index contributed by atoms with van der Waals surface area (Å²) in [7, 11) is 0. The van der Waals surface area contributed by atoms with E-state index in [4.69, 9.17) is 5.73 Å². The minimum atomic E-state index is 0.923. The van der Waals surface area contributed by atoms with Gasteiger partial charge in [0.1, 0.15) is 0 Å². The average Bonchev–Trinajstić information content (AvgIpc) is 2.83. The molecule has 2 aromatic carbocycles. The molecule has 1 aliphatic rings. The van der Waals surface area contributed by atoms with Gasteiger partial charge in [-0.05, 0) is 41.7 Å². The molecule has 0 aromatic heterocycles. The van der Waals surface area contributed by atoms with Crippen molar-refractivity contribution in [2.24, 2.45) is 0 Å². The second-order valence-corrected chi connectivity index (χ2v) is 5.28. The minimum absolute atomic E-state index is 0.923. The van der Waals surface area contributed by atoms with Crippen LogP contribution < -0.4 is 10.6 Å². The molecule has 0 radical (unpaired) electrons. The smallest absolute Gasteiger partial charge is 0.0457 e. The van der Waals surface area contributed by atoms with Crippen LogP contribution in [0, 0.1) is 6.92 Å². The lowest BCUT2D eigenvalue weighted by atomic mass is 10.0. The Morgan fingerprint density at radius 1 is 1.11 bits per heavy atom. The number of para-hydroxylation sites is 1. The highest BCUT2D eigenvalue weighted by Gasteiger charge is 2.23. The predicted molar refractivity (Wildman–Crippen MR) is 81.3 cm³/mol. The first-order valence-electron chi connectivity index (χ1n) is 6.90. The molecular weight excluding hydrogens is 232 g/mol. The predicted octanol–water partition coefficient (Wildman–Crippen LogP) is 3.66. The number of rotatable bonds is 2. The number of fused-ring (bicyclic) bond motifs is 1. The topological polar surface area (TPSA) is 29.3 Å². The maximum atomic E-state index is 6.09. The number of nitrogens with two attached hydrogens (primary N) is 1. The van der Waals surface area contributed by atoms with Crippen LogP contribution in [0.2, 0.25) is 0 Å². The lowest BCUT2D eigenvalue weighted by molar-refractivity contribution is 0.863. The van der Waals surface area contributed by atoms with Gasteiger partial charge in [0.05, 0.1) is 0 Å². The molecule has 0 aliphatic carbocycles. The third-order valence-electron chi connectivity index (χ3n) is 4.04. The van der Waals surface area contributed by atoms with Crippen LogP contribution in [-0.2, 0) is 19.5 Å². The van der Waals surface area contributed by atoms with Crippen LogP contribution in [0.15, 0.2) is 36.4 Å². The van der Waals surface area contributed by atoms with Crippen LogP contribution in [0.5, 0.6) is 0 Å². The highest BCUT2D eigenvalue weighted by Crippen LogP contribution is 2.35. The zero-order chi connectivity index (χ0) is 13.4. The van der Waals surface area contributed by atoms with Gasteiger partial charge in [0.25, 0.3) is 0 Å². The summed E-state index contributed by atoms with van der Waals surface area (Å²) in [6.07, 6.45) is 1.07.